The maximum Gasteiger partial charge on any atom is 0.416 e. The highest BCUT2D eigenvalue weighted by Crippen LogP contribution is 2.43. The number of para-hydroxylation sites is 1. The highest BCUT2D eigenvalue weighted by Gasteiger charge is 2.37. The van der Waals surface area contributed by atoms with E-state index in [1.54, 1.807) is 12.0 Å². The predicted octanol–water partition coefficient (Wildman–Crippen LogP) is 10.8. The van der Waals surface area contributed by atoms with Gasteiger partial charge in [-0.3, -0.25) is 29.1 Å². The number of nitro benzene ring substituents is 1. The number of rotatable bonds is 18. The summed E-state index contributed by atoms with van der Waals surface area (Å²) < 4.78 is 126. The summed E-state index contributed by atoms with van der Waals surface area (Å²) in [6.45, 7) is 7.74. The van der Waals surface area contributed by atoms with Crippen LogP contribution in [0.25, 0.3) is 0 Å². The second-order valence-electron chi connectivity index (χ2n) is 17.3. The summed E-state index contributed by atoms with van der Waals surface area (Å²) >= 11 is 11.5. The van der Waals surface area contributed by atoms with E-state index in [9.17, 15) is 68.6 Å². The summed E-state index contributed by atoms with van der Waals surface area (Å²) in [7, 11) is -5.51. The van der Waals surface area contributed by atoms with Gasteiger partial charge in [0.2, 0.25) is 5.91 Å². The van der Waals surface area contributed by atoms with Gasteiger partial charge >= 0.3 is 24.3 Å². The number of aliphatic carboxylic acids is 1. The van der Waals surface area contributed by atoms with Crippen molar-refractivity contribution < 1.29 is 92.5 Å². The van der Waals surface area contributed by atoms with Crippen molar-refractivity contribution in [1.82, 2.24) is 5.16 Å². The minimum absolute atomic E-state index is 0.0223. The number of aryl methyl sites for hydroxylation is 2. The van der Waals surface area contributed by atoms with Crippen LogP contribution >= 0.6 is 30.6 Å². The molecule has 3 unspecified atom stereocenters. The van der Waals surface area contributed by atoms with Gasteiger partial charge in [0.15, 0.2) is 28.7 Å². The molecular weight excluding hydrogens is 1130 g/mol. The molecule has 1 heterocycles. The van der Waals surface area contributed by atoms with Crippen molar-refractivity contribution in [2.45, 2.75) is 81.7 Å². The summed E-state index contributed by atoms with van der Waals surface area (Å²) in [4.78, 5) is 65.7. The van der Waals surface area contributed by atoms with Gasteiger partial charge in [0.05, 0.1) is 56.1 Å². The molecule has 1 aromatic heterocycles. The number of anilines is 1. The first kappa shape index (κ1) is 65.9. The minimum atomic E-state index is -4.71. The number of aromatic nitrogens is 1. The molecule has 1 aliphatic rings. The second kappa shape index (κ2) is 28.0. The van der Waals surface area contributed by atoms with Gasteiger partial charge < -0.3 is 39.7 Å². The zero-order valence-corrected chi connectivity index (χ0v) is 45.4. The van der Waals surface area contributed by atoms with Crippen LogP contribution in [0.2, 0.25) is 5.02 Å². The molecule has 0 bridgehead atoms. The summed E-state index contributed by atoms with van der Waals surface area (Å²) in [6.07, 6.45) is -4.84. The summed E-state index contributed by atoms with van der Waals surface area (Å²) in [5.74, 6) is -3.41. The number of nitrogens with two attached hydrogens (primary N) is 1. The molecule has 6 rings (SSSR count). The van der Waals surface area contributed by atoms with E-state index in [-0.39, 0.29) is 64.0 Å². The Balaban J connectivity index is 0.000000283. The number of ether oxygens (including phenoxy) is 2. The van der Waals surface area contributed by atoms with Crippen LogP contribution in [0.1, 0.15) is 93.3 Å². The maximum atomic E-state index is 12.8. The fraction of sp³-hybridized carbons (Fsp3) is 0.367. The SMILES string of the molecule is CCc1cccc(C)c1N(C(=O)CCl)C(C)COC.CP(=O)(O)CCC(N)C(=O)O.CS(=O)(=O)c1cc(C(F)(F)F)ccc1C(=O)c1cnoc1C1CC1.O=C(O)c1cc(Oc2ccc(C(F)(F)F)cc2Cl)ccc1[N+](=O)[O-]. The first-order valence-electron chi connectivity index (χ1n) is 22.8. The fourth-order valence-corrected chi connectivity index (χ4v) is 9.02. The third kappa shape index (κ3) is 19.2. The normalized spacial score (nSPS) is 13.8. The Morgan fingerprint density at radius 3 is 2.06 bits per heavy atom. The van der Waals surface area contributed by atoms with Crippen LogP contribution in [-0.4, -0.2) is 108 Å². The zero-order chi connectivity index (χ0) is 59.2. The fourth-order valence-electron chi connectivity index (χ4n) is 7.02. The van der Waals surface area contributed by atoms with Crippen molar-refractivity contribution in [3.63, 3.8) is 0 Å². The second-order valence-corrected chi connectivity index (χ2v) is 22.5. The number of aromatic carboxylic acids is 1. The molecule has 0 saturated heterocycles. The van der Waals surface area contributed by atoms with E-state index in [4.69, 9.17) is 58.0 Å². The van der Waals surface area contributed by atoms with Gasteiger partial charge in [0.1, 0.15) is 29.0 Å². The van der Waals surface area contributed by atoms with Crippen molar-refractivity contribution in [2.75, 3.05) is 43.6 Å². The zero-order valence-electron chi connectivity index (χ0n) is 42.2. The van der Waals surface area contributed by atoms with Crippen LogP contribution < -0.4 is 15.4 Å². The standard InChI is InChI=1S/C15H22ClNO2.C15H12F3NO4S.C14H7ClF3NO5.C5H12NO4P/c1-5-13-8-6-7-11(2)15(13)17(14(18)9-16)12(3)10-19-4;1-24(21,22)12-6-9(15(16,17)18)4-5-10(12)13(20)11-7-19-23-14(11)8-2-3-8;15-10-5-7(14(16,17)18)1-4-12(10)24-8-2-3-11(19(22)23)9(6-8)13(20)21;1-11(9,10)3-2-4(6)5(7)8/h6-8,12H,5,9-10H2,1-4H3;4-8H,2-3H2,1H3;1-6H,(H,20,21);4H,2-3,6H2,1H3,(H,7,8)(H,9,10). The number of methoxy groups -OCH3 is 1. The van der Waals surface area contributed by atoms with Gasteiger partial charge in [0.25, 0.3) is 5.69 Å². The third-order valence-corrected chi connectivity index (χ3v) is 13.7. The highest BCUT2D eigenvalue weighted by molar-refractivity contribution is 7.90. The molecule has 5 aromatic rings. The molecule has 4 aromatic carbocycles. The first-order chi connectivity index (χ1) is 36.1. The van der Waals surface area contributed by atoms with Gasteiger partial charge in [-0.25, -0.2) is 13.2 Å². The van der Waals surface area contributed by atoms with Crippen molar-refractivity contribution in [3.05, 3.63) is 139 Å². The van der Waals surface area contributed by atoms with Gasteiger partial charge in [-0.15, -0.1) is 11.6 Å². The molecule has 1 saturated carbocycles. The minimum Gasteiger partial charge on any atom is -0.480 e. The number of carbonyl (C=O) groups excluding carboxylic acids is 2. The number of nitrogens with zero attached hydrogens (tertiary/aromatic N) is 3. The molecule has 0 radical (unpaired) electrons. The summed E-state index contributed by atoms with van der Waals surface area (Å²) in [5.41, 5.74) is 4.69. The van der Waals surface area contributed by atoms with Crippen LogP contribution in [0.4, 0.5) is 37.7 Å². The van der Waals surface area contributed by atoms with Gasteiger partial charge in [0, 0.05) is 49.8 Å². The molecular formula is C49H53Cl2F6N4O15PS. The van der Waals surface area contributed by atoms with E-state index in [1.807, 2.05) is 26.0 Å². The summed E-state index contributed by atoms with van der Waals surface area (Å²) in [6, 6.07) is 12.3. The molecule has 426 valence electrons. The average molecular weight is 1190 g/mol. The van der Waals surface area contributed by atoms with Crippen molar-refractivity contribution in [3.8, 4) is 11.5 Å². The molecule has 3 atom stereocenters. The molecule has 19 nitrogen and oxygen atoms in total. The number of halogens is 8. The van der Waals surface area contributed by atoms with E-state index in [0.717, 1.165) is 78.7 Å². The lowest BCUT2D eigenvalue weighted by molar-refractivity contribution is -0.385. The van der Waals surface area contributed by atoms with Crippen LogP contribution in [0.15, 0.2) is 88.4 Å². The number of carboxylic acids is 2. The molecule has 29 heteroatoms. The van der Waals surface area contributed by atoms with E-state index >= 15 is 0 Å². The number of hydrogen-bond donors (Lipinski definition) is 4. The average Bonchev–Trinajstić information content (AvgIpc) is 4.09. The molecule has 0 spiro atoms. The van der Waals surface area contributed by atoms with Crippen molar-refractivity contribution in [2.24, 2.45) is 5.73 Å². The maximum absolute atomic E-state index is 12.8. The topological polar surface area (TPSA) is 297 Å². The predicted molar refractivity (Wildman–Crippen MR) is 274 cm³/mol. The van der Waals surface area contributed by atoms with Gasteiger partial charge in [-0.2, -0.15) is 26.3 Å². The monoisotopic (exact) mass is 1180 g/mol. The molecule has 0 aliphatic heterocycles. The number of nitro groups is 1. The van der Waals surface area contributed by atoms with Crippen LogP contribution in [-0.2, 0) is 47.5 Å². The van der Waals surface area contributed by atoms with Crippen LogP contribution in [0.3, 0.4) is 0 Å². The van der Waals surface area contributed by atoms with Crippen molar-refractivity contribution >= 4 is 75.4 Å². The number of ketones is 1. The van der Waals surface area contributed by atoms with E-state index < -0.39 is 85.5 Å². The number of carboxylic acid groups (broad SMARTS) is 2. The number of alkyl halides is 7. The lowest BCUT2D eigenvalue weighted by Crippen LogP contribution is -2.43. The number of benzene rings is 4. The number of carbonyl (C=O) groups is 4. The molecule has 78 heavy (non-hydrogen) atoms. The molecule has 1 aliphatic carbocycles. The van der Waals surface area contributed by atoms with E-state index in [1.165, 1.54) is 12.9 Å². The first-order valence-corrected chi connectivity index (χ1v) is 27.9. The Labute approximate surface area is 452 Å². The highest BCUT2D eigenvalue weighted by atomic mass is 35.5. The number of hydrogen-bond acceptors (Lipinski definition) is 14. The Kier molecular flexibility index (Phi) is 23.6. The Morgan fingerprint density at radius 2 is 1.58 bits per heavy atom. The van der Waals surface area contributed by atoms with E-state index in [0.29, 0.717) is 30.6 Å². The van der Waals surface area contributed by atoms with Gasteiger partial charge in [-0.1, -0.05) is 41.9 Å². The van der Waals surface area contributed by atoms with Crippen LogP contribution in [0.5, 0.6) is 11.5 Å². The Morgan fingerprint density at radius 1 is 0.974 bits per heavy atom. The largest absolute Gasteiger partial charge is 0.480 e. The van der Waals surface area contributed by atoms with Crippen molar-refractivity contribution in [1.29, 1.82) is 0 Å². The van der Waals surface area contributed by atoms with Crippen LogP contribution in [0, 0.1) is 17.0 Å². The number of amides is 1. The number of sulfone groups is 1. The lowest BCUT2D eigenvalue weighted by atomic mass is 10.0. The molecule has 1 fully saturated rings. The smallest absolute Gasteiger partial charge is 0.416 e. The third-order valence-electron chi connectivity index (χ3n) is 11.0. The molecule has 1 amide bonds. The Hall–Kier alpha value is -6.41. The van der Waals surface area contributed by atoms with E-state index in [2.05, 4.69) is 18.1 Å². The summed E-state index contributed by atoms with van der Waals surface area (Å²) in [5, 5.41) is 31.2. The quantitative estimate of drug-likeness (QED) is 0.0158. The molecule has 5 N–H and O–H groups in total. The van der Waals surface area contributed by atoms with Gasteiger partial charge in [-0.05, 0) is 93.1 Å². The lowest BCUT2D eigenvalue weighted by Gasteiger charge is -2.31. The Bertz CT molecular complexity index is 3130.